The van der Waals surface area contributed by atoms with Crippen LogP contribution >= 0.6 is 0 Å². The number of hydrogen-bond donors (Lipinski definition) is 1. The summed E-state index contributed by atoms with van der Waals surface area (Å²) < 4.78 is 5.00. The molecule has 3 heteroatoms. The van der Waals surface area contributed by atoms with Gasteiger partial charge in [-0.25, -0.2) is 4.79 Å². The second kappa shape index (κ2) is 7.67. The van der Waals surface area contributed by atoms with E-state index in [1.54, 1.807) is 30.3 Å². The molecule has 2 atom stereocenters. The van der Waals surface area contributed by atoms with Crippen molar-refractivity contribution in [3.63, 3.8) is 0 Å². The number of hydrogen-bond acceptors (Lipinski definition) is 3. The summed E-state index contributed by atoms with van der Waals surface area (Å²) in [6.07, 6.45) is 4.36. The van der Waals surface area contributed by atoms with Gasteiger partial charge in [-0.05, 0) is 24.6 Å². The van der Waals surface area contributed by atoms with Gasteiger partial charge < -0.3 is 9.84 Å². The molecule has 0 aliphatic carbocycles. The van der Waals surface area contributed by atoms with E-state index in [0.717, 1.165) is 12.8 Å². The van der Waals surface area contributed by atoms with Crippen molar-refractivity contribution in [3.05, 3.63) is 48.2 Å². The first-order valence-electron chi connectivity index (χ1n) is 6.26. The molecule has 18 heavy (non-hydrogen) atoms. The zero-order chi connectivity index (χ0) is 13.4. The third-order valence-electron chi connectivity index (χ3n) is 2.76. The Morgan fingerprint density at radius 1 is 1.39 bits per heavy atom. The molecule has 0 fully saturated rings. The van der Waals surface area contributed by atoms with Crippen LogP contribution in [0, 0.1) is 5.92 Å². The third kappa shape index (κ3) is 4.72. The summed E-state index contributed by atoms with van der Waals surface area (Å²) in [5.74, 6) is -0.405. The molecule has 0 spiro atoms. The number of benzene rings is 1. The molecule has 1 aromatic carbocycles. The molecule has 0 unspecified atom stereocenters. The number of ether oxygens (including phenoxy) is 1. The topological polar surface area (TPSA) is 46.5 Å². The lowest BCUT2D eigenvalue weighted by molar-refractivity contribution is 0.0656. The molecular formula is C15H20O3. The van der Waals surface area contributed by atoms with Crippen molar-refractivity contribution in [1.82, 2.24) is 0 Å². The molecule has 0 radical (unpaired) electrons. The Balaban J connectivity index is 2.43. The molecule has 0 heterocycles. The van der Waals surface area contributed by atoms with Crippen LogP contribution in [0.1, 0.15) is 37.0 Å². The Morgan fingerprint density at radius 3 is 2.67 bits per heavy atom. The molecule has 0 bridgehead atoms. The van der Waals surface area contributed by atoms with E-state index in [-0.39, 0.29) is 18.0 Å². The van der Waals surface area contributed by atoms with Crippen LogP contribution < -0.4 is 0 Å². The Kier molecular flexibility index (Phi) is 6.15. The maximum Gasteiger partial charge on any atom is 0.342 e. The van der Waals surface area contributed by atoms with E-state index in [1.165, 1.54) is 6.26 Å². The quantitative estimate of drug-likeness (QED) is 0.621. The highest BCUT2D eigenvalue weighted by Gasteiger charge is 2.10. The van der Waals surface area contributed by atoms with Gasteiger partial charge in [0.15, 0.2) is 0 Å². The minimum atomic E-state index is -0.387. The Bertz CT molecular complexity index is 384. The fraction of sp³-hybridized carbons (Fsp3) is 0.400. The molecule has 0 aromatic heterocycles. The smallest absolute Gasteiger partial charge is 0.342 e. The predicted molar refractivity (Wildman–Crippen MR) is 71.1 cm³/mol. The molecule has 1 aromatic rings. The van der Waals surface area contributed by atoms with Crippen molar-refractivity contribution >= 4 is 5.97 Å². The molecule has 0 amide bonds. The summed E-state index contributed by atoms with van der Waals surface area (Å²) >= 11 is 0. The highest BCUT2D eigenvalue weighted by Crippen LogP contribution is 2.10. The van der Waals surface area contributed by atoms with Gasteiger partial charge in [-0.2, -0.15) is 0 Å². The van der Waals surface area contributed by atoms with Gasteiger partial charge >= 0.3 is 5.97 Å². The fourth-order valence-corrected chi connectivity index (χ4v) is 1.55. The van der Waals surface area contributed by atoms with Crippen LogP contribution in [0.5, 0.6) is 0 Å². The largest absolute Gasteiger partial charge is 0.431 e. The summed E-state index contributed by atoms with van der Waals surface area (Å²) in [4.78, 5) is 11.6. The summed E-state index contributed by atoms with van der Waals surface area (Å²) in [5.41, 5.74) is 0.518. The number of aliphatic hydroxyl groups is 1. The molecule has 0 saturated heterocycles. The van der Waals surface area contributed by atoms with E-state index >= 15 is 0 Å². The van der Waals surface area contributed by atoms with Crippen molar-refractivity contribution in [2.75, 3.05) is 0 Å². The van der Waals surface area contributed by atoms with Crippen LogP contribution in [0.15, 0.2) is 42.7 Å². The molecule has 98 valence electrons. The van der Waals surface area contributed by atoms with Crippen molar-refractivity contribution in [2.24, 2.45) is 5.92 Å². The molecule has 1 rings (SSSR count). The van der Waals surface area contributed by atoms with E-state index in [1.807, 2.05) is 19.9 Å². The van der Waals surface area contributed by atoms with E-state index in [2.05, 4.69) is 0 Å². The minimum absolute atomic E-state index is 0.0199. The van der Waals surface area contributed by atoms with Gasteiger partial charge in [0.25, 0.3) is 0 Å². The highest BCUT2D eigenvalue weighted by atomic mass is 16.5. The highest BCUT2D eigenvalue weighted by molar-refractivity contribution is 5.89. The van der Waals surface area contributed by atoms with Gasteiger partial charge in [0.05, 0.1) is 17.9 Å². The van der Waals surface area contributed by atoms with Gasteiger partial charge in [0, 0.05) is 5.92 Å². The molecular weight excluding hydrogens is 228 g/mol. The molecule has 1 N–H and O–H groups in total. The minimum Gasteiger partial charge on any atom is -0.431 e. The Hall–Kier alpha value is -1.61. The Morgan fingerprint density at radius 2 is 2.06 bits per heavy atom. The Labute approximate surface area is 108 Å². The monoisotopic (exact) mass is 248 g/mol. The van der Waals surface area contributed by atoms with Crippen molar-refractivity contribution in [3.8, 4) is 0 Å². The zero-order valence-corrected chi connectivity index (χ0v) is 10.9. The van der Waals surface area contributed by atoms with Crippen LogP contribution in [0.3, 0.4) is 0 Å². The maximum atomic E-state index is 11.6. The standard InChI is InChI=1S/C15H20O3/c1-3-7-14(16)12(2)10-11-18-15(17)13-8-5-4-6-9-13/h4-6,8-12,14,16H,3,7H2,1-2H3/b11-10-/t12-,14+/m0/s1. The van der Waals surface area contributed by atoms with Crippen LogP contribution in [-0.4, -0.2) is 17.2 Å². The molecule has 0 aliphatic rings. The lowest BCUT2D eigenvalue weighted by Crippen LogP contribution is -2.15. The summed E-state index contributed by atoms with van der Waals surface area (Å²) in [6, 6.07) is 8.81. The third-order valence-corrected chi connectivity index (χ3v) is 2.76. The van der Waals surface area contributed by atoms with E-state index in [4.69, 9.17) is 4.74 Å². The summed E-state index contributed by atoms with van der Waals surface area (Å²) in [6.45, 7) is 3.92. The van der Waals surface area contributed by atoms with Crippen LogP contribution in [0.2, 0.25) is 0 Å². The van der Waals surface area contributed by atoms with Crippen molar-refractivity contribution in [2.45, 2.75) is 32.8 Å². The second-order valence-electron chi connectivity index (χ2n) is 4.32. The zero-order valence-electron chi connectivity index (χ0n) is 10.9. The van der Waals surface area contributed by atoms with E-state index < -0.39 is 0 Å². The maximum absolute atomic E-state index is 11.6. The van der Waals surface area contributed by atoms with E-state index in [9.17, 15) is 9.90 Å². The normalized spacial score (nSPS) is 14.4. The van der Waals surface area contributed by atoms with Gasteiger partial charge in [-0.15, -0.1) is 0 Å². The lowest BCUT2D eigenvalue weighted by Gasteiger charge is -2.13. The van der Waals surface area contributed by atoms with Gasteiger partial charge in [-0.1, -0.05) is 38.5 Å². The van der Waals surface area contributed by atoms with E-state index in [0.29, 0.717) is 5.56 Å². The fourth-order valence-electron chi connectivity index (χ4n) is 1.55. The van der Waals surface area contributed by atoms with Crippen LogP contribution in [0.25, 0.3) is 0 Å². The lowest BCUT2D eigenvalue weighted by atomic mass is 10.0. The molecule has 3 nitrogen and oxygen atoms in total. The summed E-state index contributed by atoms with van der Waals surface area (Å²) in [7, 11) is 0. The number of rotatable bonds is 6. The number of carbonyl (C=O) groups is 1. The van der Waals surface area contributed by atoms with Crippen molar-refractivity contribution < 1.29 is 14.6 Å². The SMILES string of the molecule is CCC[C@@H](O)[C@@H](C)/C=C\OC(=O)c1ccccc1. The molecule has 0 saturated carbocycles. The van der Waals surface area contributed by atoms with Crippen LogP contribution in [-0.2, 0) is 4.74 Å². The van der Waals surface area contributed by atoms with Crippen LogP contribution in [0.4, 0.5) is 0 Å². The number of esters is 1. The average molecular weight is 248 g/mol. The van der Waals surface area contributed by atoms with Crippen molar-refractivity contribution in [1.29, 1.82) is 0 Å². The van der Waals surface area contributed by atoms with Gasteiger partial charge in [-0.3, -0.25) is 0 Å². The predicted octanol–water partition coefficient (Wildman–Crippen LogP) is 3.15. The summed E-state index contributed by atoms with van der Waals surface area (Å²) in [5, 5.41) is 9.71. The first-order valence-corrected chi connectivity index (χ1v) is 6.26. The first-order chi connectivity index (χ1) is 8.65. The first kappa shape index (κ1) is 14.5. The van der Waals surface area contributed by atoms with Gasteiger partial charge in [0.1, 0.15) is 0 Å². The number of carbonyl (C=O) groups excluding carboxylic acids is 1. The van der Waals surface area contributed by atoms with Gasteiger partial charge in [0.2, 0.25) is 0 Å². The second-order valence-corrected chi connectivity index (χ2v) is 4.32. The average Bonchev–Trinajstić information content (AvgIpc) is 2.39. The number of aliphatic hydroxyl groups excluding tert-OH is 1. The molecule has 0 aliphatic heterocycles.